The maximum Gasteiger partial charge on any atom is 0.142 e. The molecule has 0 saturated heterocycles. The molecule has 2 N–H and O–H groups in total. The molecule has 6 heteroatoms. The topological polar surface area (TPSA) is 82.9 Å². The van der Waals surface area contributed by atoms with Gasteiger partial charge in [0, 0.05) is 24.1 Å². The van der Waals surface area contributed by atoms with Gasteiger partial charge in [-0.2, -0.15) is 5.26 Å². The number of nitrogens with one attached hydrogen (secondary N) is 2. The Kier molecular flexibility index (Phi) is 3.69. The average molecular weight is 241 g/mol. The number of hydrogen-bond donors (Lipinski definition) is 2. The Labute approximate surface area is 104 Å². The van der Waals surface area contributed by atoms with Crippen molar-refractivity contribution in [1.29, 1.82) is 5.26 Å². The second kappa shape index (κ2) is 5.61. The van der Waals surface area contributed by atoms with Crippen molar-refractivity contribution in [2.75, 3.05) is 17.9 Å². The van der Waals surface area contributed by atoms with Crippen LogP contribution in [0.25, 0.3) is 0 Å². The molecule has 0 aliphatic heterocycles. The van der Waals surface area contributed by atoms with Crippen molar-refractivity contribution in [1.82, 2.24) is 9.97 Å². The van der Waals surface area contributed by atoms with Crippen LogP contribution in [0, 0.1) is 11.3 Å². The van der Waals surface area contributed by atoms with E-state index in [1.165, 1.54) is 7.11 Å². The van der Waals surface area contributed by atoms with Crippen molar-refractivity contribution < 1.29 is 4.84 Å². The minimum Gasteiger partial charge on any atom is -0.340 e. The maximum atomic E-state index is 8.76. The Morgan fingerprint density at radius 1 is 1.17 bits per heavy atom. The van der Waals surface area contributed by atoms with Gasteiger partial charge in [-0.3, -0.25) is 10.3 Å². The van der Waals surface area contributed by atoms with Crippen LogP contribution in [0.2, 0.25) is 0 Å². The first-order valence-corrected chi connectivity index (χ1v) is 5.20. The molecule has 0 spiro atoms. The third-order valence-corrected chi connectivity index (χ3v) is 2.13. The van der Waals surface area contributed by atoms with Crippen molar-refractivity contribution in [3.05, 3.63) is 42.4 Å². The van der Waals surface area contributed by atoms with Gasteiger partial charge in [-0.1, -0.05) is 0 Å². The molecular weight excluding hydrogens is 230 g/mol. The fraction of sp³-hybridized carbons (Fsp3) is 0.0833. The lowest BCUT2D eigenvalue weighted by Crippen LogP contribution is -1.98. The minimum absolute atomic E-state index is 0.353. The SMILES string of the molecule is CONc1ccnc(Nc2ccnc(C#N)c2)c1. The van der Waals surface area contributed by atoms with Crippen LogP contribution in [-0.2, 0) is 4.84 Å². The van der Waals surface area contributed by atoms with Crippen LogP contribution in [0.15, 0.2) is 36.7 Å². The third kappa shape index (κ3) is 2.93. The van der Waals surface area contributed by atoms with Crippen molar-refractivity contribution in [3.63, 3.8) is 0 Å². The molecule has 2 rings (SSSR count). The van der Waals surface area contributed by atoms with E-state index in [-0.39, 0.29) is 0 Å². The highest BCUT2D eigenvalue weighted by Gasteiger charge is 1.99. The van der Waals surface area contributed by atoms with Crippen LogP contribution in [0.3, 0.4) is 0 Å². The highest BCUT2D eigenvalue weighted by Crippen LogP contribution is 2.17. The third-order valence-electron chi connectivity index (χ3n) is 2.13. The average Bonchev–Trinajstić information content (AvgIpc) is 2.40. The van der Waals surface area contributed by atoms with Crippen LogP contribution >= 0.6 is 0 Å². The Bertz CT molecular complexity index is 579. The summed E-state index contributed by atoms with van der Waals surface area (Å²) in [6.07, 6.45) is 3.22. The van der Waals surface area contributed by atoms with E-state index < -0.39 is 0 Å². The molecule has 0 aliphatic carbocycles. The quantitative estimate of drug-likeness (QED) is 0.797. The van der Waals surface area contributed by atoms with Crippen LogP contribution in [0.1, 0.15) is 5.69 Å². The molecule has 0 aromatic carbocycles. The zero-order valence-corrected chi connectivity index (χ0v) is 9.71. The van der Waals surface area contributed by atoms with Crippen LogP contribution in [0.5, 0.6) is 0 Å². The maximum absolute atomic E-state index is 8.76. The first kappa shape index (κ1) is 11.8. The van der Waals surface area contributed by atoms with E-state index in [4.69, 9.17) is 10.1 Å². The van der Waals surface area contributed by atoms with Gasteiger partial charge in [0.15, 0.2) is 0 Å². The summed E-state index contributed by atoms with van der Waals surface area (Å²) in [5.74, 6) is 0.645. The molecule has 2 heterocycles. The lowest BCUT2D eigenvalue weighted by Gasteiger charge is -2.07. The predicted molar refractivity (Wildman–Crippen MR) is 67.1 cm³/mol. The zero-order valence-electron chi connectivity index (χ0n) is 9.71. The molecule has 0 radical (unpaired) electrons. The first-order chi connectivity index (χ1) is 8.81. The molecule has 18 heavy (non-hydrogen) atoms. The molecule has 2 aromatic heterocycles. The van der Waals surface area contributed by atoms with Gasteiger partial charge in [0.05, 0.1) is 12.8 Å². The lowest BCUT2D eigenvalue weighted by molar-refractivity contribution is 0.271. The molecule has 0 atom stereocenters. The molecular formula is C12H11N5O. The molecule has 90 valence electrons. The number of hydrogen-bond acceptors (Lipinski definition) is 6. The summed E-state index contributed by atoms with van der Waals surface area (Å²) in [5, 5.41) is 11.8. The molecule has 2 aromatic rings. The zero-order chi connectivity index (χ0) is 12.8. The van der Waals surface area contributed by atoms with E-state index in [9.17, 15) is 0 Å². The summed E-state index contributed by atoms with van der Waals surface area (Å²) in [7, 11) is 1.54. The van der Waals surface area contributed by atoms with Crippen LogP contribution in [0.4, 0.5) is 17.2 Å². The van der Waals surface area contributed by atoms with Crippen molar-refractivity contribution >= 4 is 17.2 Å². The van der Waals surface area contributed by atoms with Gasteiger partial charge in [-0.25, -0.2) is 9.97 Å². The number of anilines is 3. The fourth-order valence-corrected chi connectivity index (χ4v) is 1.40. The Balaban J connectivity index is 2.18. The molecule has 0 unspecified atom stereocenters. The lowest BCUT2D eigenvalue weighted by atomic mass is 10.3. The largest absolute Gasteiger partial charge is 0.340 e. The predicted octanol–water partition coefficient (Wildman–Crippen LogP) is 2.07. The summed E-state index contributed by atoms with van der Waals surface area (Å²) < 4.78 is 0. The Morgan fingerprint density at radius 2 is 1.94 bits per heavy atom. The minimum atomic E-state index is 0.353. The number of rotatable bonds is 4. The van der Waals surface area contributed by atoms with Crippen molar-refractivity contribution in [3.8, 4) is 6.07 Å². The highest BCUT2D eigenvalue weighted by atomic mass is 16.6. The normalized spacial score (nSPS) is 9.56. The highest BCUT2D eigenvalue weighted by molar-refractivity contribution is 5.60. The summed E-state index contributed by atoms with van der Waals surface area (Å²) >= 11 is 0. The number of nitriles is 1. The second-order valence-electron chi connectivity index (χ2n) is 3.40. The smallest absolute Gasteiger partial charge is 0.142 e. The molecule has 0 bridgehead atoms. The van der Waals surface area contributed by atoms with Gasteiger partial charge < -0.3 is 5.32 Å². The number of nitrogens with zero attached hydrogens (tertiary/aromatic N) is 3. The van der Waals surface area contributed by atoms with E-state index in [1.54, 1.807) is 36.7 Å². The van der Waals surface area contributed by atoms with Crippen LogP contribution < -0.4 is 10.8 Å². The van der Waals surface area contributed by atoms with Gasteiger partial charge in [0.2, 0.25) is 0 Å². The monoisotopic (exact) mass is 241 g/mol. The Morgan fingerprint density at radius 3 is 2.72 bits per heavy atom. The van der Waals surface area contributed by atoms with Gasteiger partial charge in [0.1, 0.15) is 17.6 Å². The van der Waals surface area contributed by atoms with Gasteiger partial charge in [0.25, 0.3) is 0 Å². The molecule has 0 aliphatic rings. The summed E-state index contributed by atoms with van der Waals surface area (Å²) in [6.45, 7) is 0. The van der Waals surface area contributed by atoms with Gasteiger partial charge >= 0.3 is 0 Å². The molecule has 0 fully saturated rings. The van der Waals surface area contributed by atoms with Crippen molar-refractivity contribution in [2.45, 2.75) is 0 Å². The second-order valence-corrected chi connectivity index (χ2v) is 3.40. The van der Waals surface area contributed by atoms with E-state index in [1.807, 2.05) is 6.07 Å². The van der Waals surface area contributed by atoms with E-state index in [0.29, 0.717) is 11.5 Å². The van der Waals surface area contributed by atoms with Gasteiger partial charge in [-0.15, -0.1) is 0 Å². The summed E-state index contributed by atoms with van der Waals surface area (Å²) in [4.78, 5) is 12.9. The summed E-state index contributed by atoms with van der Waals surface area (Å²) in [6, 6.07) is 8.96. The fourth-order valence-electron chi connectivity index (χ4n) is 1.40. The molecule has 0 amide bonds. The standard InChI is InChI=1S/C12H11N5O/c1-18-17-10-3-5-15-12(7-10)16-9-2-4-14-11(6-9)8-13/h2-7H,1H3,(H2,14,15,16,17). The van der Waals surface area contributed by atoms with Gasteiger partial charge in [-0.05, 0) is 18.2 Å². The number of aromatic nitrogens is 2. The molecule has 6 nitrogen and oxygen atoms in total. The van der Waals surface area contributed by atoms with Crippen LogP contribution in [-0.4, -0.2) is 17.1 Å². The summed E-state index contributed by atoms with van der Waals surface area (Å²) in [5.41, 5.74) is 4.60. The number of pyridine rings is 2. The Hall–Kier alpha value is -2.65. The van der Waals surface area contributed by atoms with E-state index >= 15 is 0 Å². The molecule has 0 saturated carbocycles. The van der Waals surface area contributed by atoms with Crippen molar-refractivity contribution in [2.24, 2.45) is 0 Å². The first-order valence-electron chi connectivity index (χ1n) is 5.20. The van der Waals surface area contributed by atoms with E-state index in [0.717, 1.165) is 11.4 Å². The van der Waals surface area contributed by atoms with E-state index in [2.05, 4.69) is 20.8 Å².